The first-order chi connectivity index (χ1) is 33.3. The molecule has 2 aliphatic carbocycles. The van der Waals surface area contributed by atoms with E-state index in [1.54, 1.807) is 0 Å². The largest absolute Gasteiger partial charge is 0.308 e. The van der Waals surface area contributed by atoms with E-state index in [4.69, 9.17) is 15.0 Å². The SMILES string of the molecule is c1ccc(-c2nc(C3c4ccccc4-c4ccccc43)nc(C3c4ccccc4-c4ccc5c6c7ccccc7c7c8ccccc8c8ccccc8c7c6n(-c6ccccc6)c5c43)n2)cc1. The first-order valence-corrected chi connectivity index (χ1v) is 23.2. The number of hydrogen-bond acceptors (Lipinski definition) is 3. The van der Waals surface area contributed by atoms with Gasteiger partial charge in [0.1, 0.15) is 11.6 Å². The van der Waals surface area contributed by atoms with Crippen molar-refractivity contribution in [2.45, 2.75) is 11.8 Å². The van der Waals surface area contributed by atoms with Crippen molar-refractivity contribution in [3.05, 3.63) is 252 Å². The van der Waals surface area contributed by atoms with E-state index in [0.717, 1.165) is 22.9 Å². The van der Waals surface area contributed by atoms with Gasteiger partial charge in [0.2, 0.25) is 0 Å². The van der Waals surface area contributed by atoms with Gasteiger partial charge < -0.3 is 4.57 Å². The lowest BCUT2D eigenvalue weighted by Gasteiger charge is -2.20. The molecule has 0 saturated heterocycles. The molecule has 2 aliphatic rings. The lowest BCUT2D eigenvalue weighted by atomic mass is 9.88. The van der Waals surface area contributed by atoms with E-state index in [9.17, 15) is 0 Å². The molecule has 4 heteroatoms. The average molecular weight is 851 g/mol. The molecule has 2 heterocycles. The molecule has 0 aliphatic heterocycles. The Labute approximate surface area is 386 Å². The van der Waals surface area contributed by atoms with Crippen LogP contribution in [0.25, 0.3) is 104 Å². The van der Waals surface area contributed by atoms with Crippen LogP contribution in [0.15, 0.2) is 218 Å². The van der Waals surface area contributed by atoms with Crippen molar-refractivity contribution in [2.75, 3.05) is 0 Å². The Bertz CT molecular complexity index is 4180. The molecule has 0 spiro atoms. The highest BCUT2D eigenvalue weighted by Crippen LogP contribution is 2.55. The predicted octanol–water partition coefficient (Wildman–Crippen LogP) is 15.6. The van der Waals surface area contributed by atoms with Gasteiger partial charge >= 0.3 is 0 Å². The third kappa shape index (κ3) is 5.04. The van der Waals surface area contributed by atoms with Gasteiger partial charge in [-0.1, -0.05) is 206 Å². The normalized spacial score (nSPS) is 14.1. The highest BCUT2D eigenvalue weighted by atomic mass is 15.1. The minimum Gasteiger partial charge on any atom is -0.308 e. The number of hydrogen-bond donors (Lipinski definition) is 0. The second-order valence-electron chi connectivity index (χ2n) is 18.1. The fourth-order valence-electron chi connectivity index (χ4n) is 12.1. The van der Waals surface area contributed by atoms with Gasteiger partial charge in [0.15, 0.2) is 5.82 Å². The third-order valence-corrected chi connectivity index (χ3v) is 14.7. The summed E-state index contributed by atoms with van der Waals surface area (Å²) < 4.78 is 2.59. The summed E-state index contributed by atoms with van der Waals surface area (Å²) >= 11 is 0. The first-order valence-electron chi connectivity index (χ1n) is 23.2. The lowest BCUT2D eigenvalue weighted by Crippen LogP contribution is -2.14. The Kier molecular flexibility index (Phi) is 7.58. The average Bonchev–Trinajstić information content (AvgIpc) is 4.05. The van der Waals surface area contributed by atoms with Gasteiger partial charge in [-0.2, -0.15) is 0 Å². The molecular formula is C63H38N4. The number of aromatic nitrogens is 4. The van der Waals surface area contributed by atoms with Crippen LogP contribution < -0.4 is 0 Å². The highest BCUT2D eigenvalue weighted by molar-refractivity contribution is 6.42. The Morgan fingerprint density at radius 1 is 0.299 bits per heavy atom. The summed E-state index contributed by atoms with van der Waals surface area (Å²) in [6.07, 6.45) is 0. The van der Waals surface area contributed by atoms with Crippen LogP contribution in [-0.4, -0.2) is 19.5 Å². The number of benzene rings is 11. The van der Waals surface area contributed by atoms with Crippen molar-refractivity contribution >= 4 is 64.9 Å². The van der Waals surface area contributed by atoms with Crippen LogP contribution in [0.5, 0.6) is 0 Å². The lowest BCUT2D eigenvalue weighted by molar-refractivity contribution is 0.779. The smallest absolute Gasteiger partial charge is 0.163 e. The van der Waals surface area contributed by atoms with E-state index in [0.29, 0.717) is 5.82 Å². The molecule has 11 aromatic carbocycles. The fraction of sp³-hybridized carbons (Fsp3) is 0.0317. The van der Waals surface area contributed by atoms with Gasteiger partial charge in [0.05, 0.1) is 22.9 Å². The molecule has 13 aromatic rings. The maximum absolute atomic E-state index is 5.73. The van der Waals surface area contributed by atoms with E-state index in [2.05, 4.69) is 223 Å². The fourth-order valence-corrected chi connectivity index (χ4v) is 12.1. The Hall–Kier alpha value is -8.73. The van der Waals surface area contributed by atoms with Gasteiger partial charge in [-0.15, -0.1) is 0 Å². The second kappa shape index (κ2) is 13.9. The zero-order valence-electron chi connectivity index (χ0n) is 36.2. The number of para-hydroxylation sites is 1. The summed E-state index contributed by atoms with van der Waals surface area (Å²) in [5.41, 5.74) is 14.2. The molecule has 0 amide bonds. The van der Waals surface area contributed by atoms with Crippen molar-refractivity contribution in [2.24, 2.45) is 0 Å². The van der Waals surface area contributed by atoms with Crippen LogP contribution in [-0.2, 0) is 0 Å². The summed E-state index contributed by atoms with van der Waals surface area (Å²) in [6.45, 7) is 0. The predicted molar refractivity (Wildman–Crippen MR) is 275 cm³/mol. The second-order valence-corrected chi connectivity index (χ2v) is 18.1. The van der Waals surface area contributed by atoms with Gasteiger partial charge in [-0.05, 0) is 89.0 Å². The molecule has 0 saturated carbocycles. The third-order valence-electron chi connectivity index (χ3n) is 14.7. The van der Waals surface area contributed by atoms with E-state index in [1.165, 1.54) is 109 Å². The van der Waals surface area contributed by atoms with Crippen molar-refractivity contribution in [1.82, 2.24) is 19.5 Å². The molecule has 4 nitrogen and oxygen atoms in total. The van der Waals surface area contributed by atoms with Crippen LogP contribution >= 0.6 is 0 Å². The van der Waals surface area contributed by atoms with Crippen LogP contribution in [0.2, 0.25) is 0 Å². The summed E-state index contributed by atoms with van der Waals surface area (Å²) in [5.74, 6) is 1.74. The van der Waals surface area contributed by atoms with E-state index in [-0.39, 0.29) is 11.8 Å². The van der Waals surface area contributed by atoms with E-state index in [1.807, 2.05) is 0 Å². The molecule has 0 N–H and O–H groups in total. The first kappa shape index (κ1) is 36.6. The van der Waals surface area contributed by atoms with Crippen molar-refractivity contribution in [1.29, 1.82) is 0 Å². The molecule has 310 valence electrons. The molecule has 1 atom stereocenters. The zero-order chi connectivity index (χ0) is 43.7. The molecule has 2 aromatic heterocycles. The van der Waals surface area contributed by atoms with Crippen molar-refractivity contribution in [3.8, 4) is 39.3 Å². The quantitative estimate of drug-likeness (QED) is 0.166. The standard InChI is InChI=1S/C63H38N4/c1-3-19-37(20-4-1)61-64-62(55-45-29-13-8-24-40(45)41-25-9-14-30-46(41)55)66-63(65-61)58-48-32-16-11-27-43(48)51-35-36-52-54-50-34-18-17-33-49(50)53-44-28-12-7-23-39(44)42-26-10-15-31-47(42)56(53)60(54)67(59(52)57(51)58)38-21-5-2-6-22-38/h1-36,55,58H. The van der Waals surface area contributed by atoms with Crippen LogP contribution in [0.1, 0.15) is 45.7 Å². The van der Waals surface area contributed by atoms with Crippen molar-refractivity contribution < 1.29 is 0 Å². The van der Waals surface area contributed by atoms with Crippen LogP contribution in [0.4, 0.5) is 0 Å². The summed E-state index contributed by atoms with van der Waals surface area (Å²) in [6, 6.07) is 79.6. The van der Waals surface area contributed by atoms with E-state index < -0.39 is 0 Å². The number of fused-ring (bicyclic) bond motifs is 20. The summed E-state index contributed by atoms with van der Waals surface area (Å²) in [7, 11) is 0. The molecule has 0 fully saturated rings. The molecule has 67 heavy (non-hydrogen) atoms. The molecule has 0 bridgehead atoms. The zero-order valence-corrected chi connectivity index (χ0v) is 36.2. The van der Waals surface area contributed by atoms with Crippen molar-refractivity contribution in [3.63, 3.8) is 0 Å². The van der Waals surface area contributed by atoms with Gasteiger partial charge in [0.25, 0.3) is 0 Å². The monoisotopic (exact) mass is 850 g/mol. The minimum atomic E-state index is -0.298. The van der Waals surface area contributed by atoms with Crippen LogP contribution in [0, 0.1) is 0 Å². The number of rotatable bonds is 4. The van der Waals surface area contributed by atoms with Gasteiger partial charge in [-0.3, -0.25) is 0 Å². The Balaban J connectivity index is 1.12. The maximum atomic E-state index is 5.73. The minimum absolute atomic E-state index is 0.153. The maximum Gasteiger partial charge on any atom is 0.163 e. The summed E-state index contributed by atoms with van der Waals surface area (Å²) in [5, 5.41) is 12.5. The Morgan fingerprint density at radius 3 is 1.36 bits per heavy atom. The summed E-state index contributed by atoms with van der Waals surface area (Å²) in [4.78, 5) is 16.7. The topological polar surface area (TPSA) is 43.6 Å². The highest BCUT2D eigenvalue weighted by Gasteiger charge is 2.39. The molecular weight excluding hydrogens is 813 g/mol. The van der Waals surface area contributed by atoms with E-state index >= 15 is 0 Å². The molecule has 1 unspecified atom stereocenters. The molecule has 0 radical (unpaired) electrons. The van der Waals surface area contributed by atoms with Crippen LogP contribution in [0.3, 0.4) is 0 Å². The van der Waals surface area contributed by atoms with Gasteiger partial charge in [-0.25, -0.2) is 15.0 Å². The Morgan fingerprint density at radius 2 is 0.746 bits per heavy atom. The molecule has 15 rings (SSSR count). The van der Waals surface area contributed by atoms with Gasteiger partial charge in [0, 0.05) is 32.8 Å². The number of nitrogens with zero attached hydrogens (tertiary/aromatic N) is 4.